The van der Waals surface area contributed by atoms with Gasteiger partial charge in [-0.05, 0) is 18.6 Å². The first-order valence-corrected chi connectivity index (χ1v) is 9.01. The van der Waals surface area contributed by atoms with Crippen molar-refractivity contribution >= 4 is 46.5 Å². The third-order valence-electron chi connectivity index (χ3n) is 3.86. The van der Waals surface area contributed by atoms with Crippen molar-refractivity contribution in [3.8, 4) is 0 Å². The van der Waals surface area contributed by atoms with Crippen molar-refractivity contribution in [1.82, 2.24) is 19.6 Å². The molecule has 2 aromatic heterocycles. The first-order chi connectivity index (χ1) is 12.4. The van der Waals surface area contributed by atoms with Gasteiger partial charge in [0.15, 0.2) is 5.82 Å². The van der Waals surface area contributed by atoms with Crippen LogP contribution in [-0.2, 0) is 17.9 Å². The molecule has 136 valence electrons. The standard InChI is InChI=1S/C17H16Cl3N5O/c1-11-14(19)8-21-25(11)7-6-16(26)22-17-15(20)10-24(23-17)9-12-4-2-3-5-13(12)18/h2-5,8,10H,6-7,9H2,1H3,(H,22,23,26). The van der Waals surface area contributed by atoms with Crippen LogP contribution in [0.25, 0.3) is 0 Å². The summed E-state index contributed by atoms with van der Waals surface area (Å²) in [5.41, 5.74) is 1.73. The molecular weight excluding hydrogens is 397 g/mol. The van der Waals surface area contributed by atoms with Crippen molar-refractivity contribution in [2.45, 2.75) is 26.4 Å². The molecule has 3 aromatic rings. The van der Waals surface area contributed by atoms with Crippen LogP contribution < -0.4 is 5.32 Å². The molecule has 6 nitrogen and oxygen atoms in total. The maximum atomic E-state index is 12.2. The lowest BCUT2D eigenvalue weighted by molar-refractivity contribution is -0.116. The Morgan fingerprint density at radius 3 is 2.62 bits per heavy atom. The zero-order chi connectivity index (χ0) is 18.7. The topological polar surface area (TPSA) is 64.7 Å². The largest absolute Gasteiger partial charge is 0.308 e. The summed E-state index contributed by atoms with van der Waals surface area (Å²) >= 11 is 18.3. The summed E-state index contributed by atoms with van der Waals surface area (Å²) in [6.45, 7) is 2.73. The lowest BCUT2D eigenvalue weighted by Crippen LogP contribution is -2.16. The number of benzene rings is 1. The number of hydrogen-bond acceptors (Lipinski definition) is 3. The molecule has 0 saturated carbocycles. The maximum Gasteiger partial charge on any atom is 0.227 e. The fraction of sp³-hybridized carbons (Fsp3) is 0.235. The zero-order valence-corrected chi connectivity index (χ0v) is 16.2. The van der Waals surface area contributed by atoms with E-state index in [2.05, 4.69) is 15.5 Å². The van der Waals surface area contributed by atoms with Crippen molar-refractivity contribution in [3.05, 3.63) is 63.0 Å². The zero-order valence-electron chi connectivity index (χ0n) is 13.9. The lowest BCUT2D eigenvalue weighted by Gasteiger charge is -2.06. The van der Waals surface area contributed by atoms with Crippen molar-refractivity contribution in [2.75, 3.05) is 5.32 Å². The predicted octanol–water partition coefficient (Wildman–Crippen LogP) is 4.43. The average Bonchev–Trinajstić information content (AvgIpc) is 3.11. The highest BCUT2D eigenvalue weighted by Gasteiger charge is 2.13. The molecule has 2 heterocycles. The number of anilines is 1. The van der Waals surface area contributed by atoms with Crippen LogP contribution in [0.15, 0.2) is 36.7 Å². The third kappa shape index (κ3) is 4.38. The van der Waals surface area contributed by atoms with Crippen molar-refractivity contribution in [2.24, 2.45) is 0 Å². The normalized spacial score (nSPS) is 10.9. The van der Waals surface area contributed by atoms with Gasteiger partial charge in [-0.15, -0.1) is 0 Å². The van der Waals surface area contributed by atoms with E-state index in [1.54, 1.807) is 21.8 Å². The van der Waals surface area contributed by atoms with E-state index in [1.165, 1.54) is 0 Å². The van der Waals surface area contributed by atoms with Gasteiger partial charge in [0, 0.05) is 17.6 Å². The SMILES string of the molecule is Cc1c(Cl)cnn1CCC(=O)Nc1nn(Cc2ccccc2Cl)cc1Cl. The molecule has 0 aliphatic rings. The summed E-state index contributed by atoms with van der Waals surface area (Å²) in [7, 11) is 0. The Bertz CT molecular complexity index is 934. The molecular formula is C17H16Cl3N5O. The van der Waals surface area contributed by atoms with Gasteiger partial charge in [0.1, 0.15) is 5.02 Å². The molecule has 3 rings (SSSR count). The van der Waals surface area contributed by atoms with Gasteiger partial charge in [-0.2, -0.15) is 10.2 Å². The third-order valence-corrected chi connectivity index (χ3v) is 4.88. The Balaban J connectivity index is 1.61. The summed E-state index contributed by atoms with van der Waals surface area (Å²) in [5, 5.41) is 12.7. The number of aromatic nitrogens is 4. The van der Waals surface area contributed by atoms with E-state index in [0.29, 0.717) is 34.0 Å². The highest BCUT2D eigenvalue weighted by Crippen LogP contribution is 2.22. The Labute approximate surface area is 165 Å². The number of carbonyl (C=O) groups is 1. The number of aryl methyl sites for hydroxylation is 1. The van der Waals surface area contributed by atoms with E-state index in [0.717, 1.165) is 11.3 Å². The van der Waals surface area contributed by atoms with Gasteiger partial charge in [0.2, 0.25) is 5.91 Å². The lowest BCUT2D eigenvalue weighted by atomic mass is 10.2. The van der Waals surface area contributed by atoms with Crippen molar-refractivity contribution < 1.29 is 4.79 Å². The second-order valence-electron chi connectivity index (χ2n) is 5.71. The molecule has 0 bridgehead atoms. The van der Waals surface area contributed by atoms with Crippen LogP contribution in [0.4, 0.5) is 5.82 Å². The highest BCUT2D eigenvalue weighted by atomic mass is 35.5. The first kappa shape index (κ1) is 18.8. The molecule has 0 spiro atoms. The van der Waals surface area contributed by atoms with E-state index < -0.39 is 0 Å². The van der Waals surface area contributed by atoms with Gasteiger partial charge in [-0.3, -0.25) is 14.2 Å². The Kier molecular flexibility index (Phi) is 5.86. The monoisotopic (exact) mass is 411 g/mol. The van der Waals surface area contributed by atoms with Crippen LogP contribution in [0.5, 0.6) is 0 Å². The van der Waals surface area contributed by atoms with E-state index >= 15 is 0 Å². The fourth-order valence-electron chi connectivity index (χ4n) is 2.42. The van der Waals surface area contributed by atoms with E-state index in [4.69, 9.17) is 34.8 Å². The van der Waals surface area contributed by atoms with Gasteiger partial charge in [0.25, 0.3) is 0 Å². The summed E-state index contributed by atoms with van der Waals surface area (Å²) < 4.78 is 3.32. The summed E-state index contributed by atoms with van der Waals surface area (Å²) in [6, 6.07) is 7.49. The number of amides is 1. The van der Waals surface area contributed by atoms with Crippen LogP contribution in [0.3, 0.4) is 0 Å². The molecule has 1 aromatic carbocycles. The molecule has 1 N–H and O–H groups in total. The van der Waals surface area contributed by atoms with Crippen LogP contribution in [0.2, 0.25) is 15.1 Å². The minimum absolute atomic E-state index is 0.207. The molecule has 0 radical (unpaired) electrons. The number of rotatable bonds is 6. The fourth-order valence-corrected chi connectivity index (χ4v) is 2.95. The molecule has 0 aliphatic heterocycles. The maximum absolute atomic E-state index is 12.2. The van der Waals surface area contributed by atoms with Gasteiger partial charge < -0.3 is 5.32 Å². The van der Waals surface area contributed by atoms with Gasteiger partial charge in [-0.25, -0.2) is 0 Å². The molecule has 0 saturated heterocycles. The van der Waals surface area contributed by atoms with Crippen molar-refractivity contribution in [3.63, 3.8) is 0 Å². The predicted molar refractivity (Wildman–Crippen MR) is 103 cm³/mol. The van der Waals surface area contributed by atoms with Crippen LogP contribution >= 0.6 is 34.8 Å². The first-order valence-electron chi connectivity index (χ1n) is 7.88. The van der Waals surface area contributed by atoms with Gasteiger partial charge in [-0.1, -0.05) is 53.0 Å². The Morgan fingerprint density at radius 1 is 1.15 bits per heavy atom. The number of carbonyl (C=O) groups excluding carboxylic acids is 1. The minimum Gasteiger partial charge on any atom is -0.308 e. The number of nitrogens with zero attached hydrogens (tertiary/aromatic N) is 4. The quantitative estimate of drug-likeness (QED) is 0.651. The number of halogens is 3. The molecule has 9 heteroatoms. The average molecular weight is 413 g/mol. The van der Waals surface area contributed by atoms with E-state index in [1.807, 2.05) is 31.2 Å². The summed E-state index contributed by atoms with van der Waals surface area (Å²) in [5.74, 6) is 0.111. The van der Waals surface area contributed by atoms with Gasteiger partial charge in [0.05, 0.1) is 30.0 Å². The molecule has 0 aliphatic carbocycles. The van der Waals surface area contributed by atoms with E-state index in [9.17, 15) is 4.79 Å². The van der Waals surface area contributed by atoms with Crippen LogP contribution in [0.1, 0.15) is 17.7 Å². The molecule has 0 atom stereocenters. The Hall–Kier alpha value is -2.02. The second kappa shape index (κ2) is 8.12. The number of nitrogens with one attached hydrogen (secondary N) is 1. The van der Waals surface area contributed by atoms with E-state index in [-0.39, 0.29) is 12.3 Å². The second-order valence-corrected chi connectivity index (χ2v) is 6.94. The number of hydrogen-bond donors (Lipinski definition) is 1. The van der Waals surface area contributed by atoms with Crippen LogP contribution in [0, 0.1) is 6.92 Å². The molecule has 26 heavy (non-hydrogen) atoms. The molecule has 0 unspecified atom stereocenters. The van der Waals surface area contributed by atoms with Gasteiger partial charge >= 0.3 is 0 Å². The van der Waals surface area contributed by atoms with Crippen molar-refractivity contribution in [1.29, 1.82) is 0 Å². The summed E-state index contributed by atoms with van der Waals surface area (Å²) in [4.78, 5) is 12.2. The molecule has 1 amide bonds. The Morgan fingerprint density at radius 2 is 1.92 bits per heavy atom. The molecule has 0 fully saturated rings. The highest BCUT2D eigenvalue weighted by molar-refractivity contribution is 6.33. The smallest absolute Gasteiger partial charge is 0.227 e. The summed E-state index contributed by atoms with van der Waals surface area (Å²) in [6.07, 6.45) is 3.44. The minimum atomic E-state index is -0.207. The van der Waals surface area contributed by atoms with Crippen LogP contribution in [-0.4, -0.2) is 25.5 Å².